The Bertz CT molecular complexity index is 664. The average Bonchev–Trinajstić information content (AvgIpc) is 2.46. The normalized spacial score (nSPS) is 24.1. The summed E-state index contributed by atoms with van der Waals surface area (Å²) in [6.07, 6.45) is 2.07. The second-order valence-corrected chi connectivity index (χ2v) is 7.32. The molecule has 0 amide bonds. The van der Waals surface area contributed by atoms with E-state index in [1.807, 2.05) is 20.8 Å². The molecule has 2 atom stereocenters. The standard InChI is InChI=1S/C14H19N3O3S/c1-4-20-13-8-12(14(13,2)3)17-21(18,19)11-6-5-7-16-10(11)9-15/h5-7,12-13,17H,4,8H2,1-3H3. The van der Waals surface area contributed by atoms with Crippen molar-refractivity contribution in [1.29, 1.82) is 5.26 Å². The van der Waals surface area contributed by atoms with Crippen LogP contribution in [-0.4, -0.2) is 32.2 Å². The predicted octanol–water partition coefficient (Wildman–Crippen LogP) is 1.44. The molecule has 1 saturated carbocycles. The largest absolute Gasteiger partial charge is 0.378 e. The maximum absolute atomic E-state index is 12.4. The number of pyridine rings is 1. The van der Waals surface area contributed by atoms with Gasteiger partial charge in [0, 0.05) is 24.3 Å². The summed E-state index contributed by atoms with van der Waals surface area (Å²) in [6, 6.07) is 4.48. The van der Waals surface area contributed by atoms with Crippen molar-refractivity contribution in [1.82, 2.24) is 9.71 Å². The molecule has 6 nitrogen and oxygen atoms in total. The van der Waals surface area contributed by atoms with E-state index in [9.17, 15) is 8.42 Å². The molecule has 1 aromatic rings. The van der Waals surface area contributed by atoms with E-state index in [1.54, 1.807) is 6.07 Å². The summed E-state index contributed by atoms with van der Waals surface area (Å²) >= 11 is 0. The van der Waals surface area contributed by atoms with Crippen LogP contribution in [0.3, 0.4) is 0 Å². The highest BCUT2D eigenvalue weighted by Gasteiger charge is 2.50. The first kappa shape index (κ1) is 15.9. The zero-order chi connectivity index (χ0) is 15.7. The Kier molecular flexibility index (Phi) is 4.33. The summed E-state index contributed by atoms with van der Waals surface area (Å²) in [5, 5.41) is 8.98. The van der Waals surface area contributed by atoms with Crippen LogP contribution in [0.2, 0.25) is 0 Å². The fraction of sp³-hybridized carbons (Fsp3) is 0.571. The summed E-state index contributed by atoms with van der Waals surface area (Å²) in [4.78, 5) is 3.71. The molecule has 0 bridgehead atoms. The van der Waals surface area contributed by atoms with E-state index >= 15 is 0 Å². The van der Waals surface area contributed by atoms with Gasteiger partial charge in [-0.1, -0.05) is 13.8 Å². The lowest BCUT2D eigenvalue weighted by Gasteiger charge is -2.51. The molecule has 7 heteroatoms. The number of rotatable bonds is 5. The number of nitrogens with one attached hydrogen (secondary N) is 1. The van der Waals surface area contributed by atoms with Crippen LogP contribution in [0.25, 0.3) is 0 Å². The van der Waals surface area contributed by atoms with Gasteiger partial charge in [0.25, 0.3) is 0 Å². The minimum absolute atomic E-state index is 0.0412. The highest BCUT2D eigenvalue weighted by molar-refractivity contribution is 7.89. The zero-order valence-electron chi connectivity index (χ0n) is 12.3. The van der Waals surface area contributed by atoms with Crippen molar-refractivity contribution in [2.24, 2.45) is 5.41 Å². The van der Waals surface area contributed by atoms with Crippen LogP contribution in [0, 0.1) is 16.7 Å². The number of nitrogens with zero attached hydrogens (tertiary/aromatic N) is 2. The number of sulfonamides is 1. The van der Waals surface area contributed by atoms with E-state index in [0.717, 1.165) is 0 Å². The fourth-order valence-corrected chi connectivity index (χ4v) is 4.02. The maximum atomic E-state index is 12.4. The topological polar surface area (TPSA) is 92.1 Å². The van der Waals surface area contributed by atoms with Crippen LogP contribution in [0.4, 0.5) is 0 Å². The number of hydrogen-bond acceptors (Lipinski definition) is 5. The molecule has 2 rings (SSSR count). The molecule has 0 aliphatic heterocycles. The minimum atomic E-state index is -3.76. The molecule has 1 heterocycles. The smallest absolute Gasteiger partial charge is 0.243 e. The van der Waals surface area contributed by atoms with Crippen molar-refractivity contribution in [3.63, 3.8) is 0 Å². The van der Waals surface area contributed by atoms with Gasteiger partial charge in [0.2, 0.25) is 10.0 Å². The van der Waals surface area contributed by atoms with E-state index in [4.69, 9.17) is 10.00 Å². The van der Waals surface area contributed by atoms with Crippen LogP contribution in [-0.2, 0) is 14.8 Å². The van der Waals surface area contributed by atoms with Gasteiger partial charge in [-0.05, 0) is 25.5 Å². The maximum Gasteiger partial charge on any atom is 0.243 e. The predicted molar refractivity (Wildman–Crippen MR) is 76.9 cm³/mol. The van der Waals surface area contributed by atoms with Crippen LogP contribution < -0.4 is 4.72 Å². The lowest BCUT2D eigenvalue weighted by Crippen LogP contribution is -2.61. The van der Waals surface area contributed by atoms with Gasteiger partial charge in [-0.25, -0.2) is 18.1 Å². The van der Waals surface area contributed by atoms with Gasteiger partial charge in [-0.2, -0.15) is 5.26 Å². The summed E-state index contributed by atoms with van der Waals surface area (Å²) < 4.78 is 33.1. The van der Waals surface area contributed by atoms with E-state index in [-0.39, 0.29) is 28.2 Å². The van der Waals surface area contributed by atoms with Crippen molar-refractivity contribution in [2.45, 2.75) is 44.2 Å². The average molecular weight is 309 g/mol. The first-order valence-corrected chi connectivity index (χ1v) is 8.30. The summed E-state index contributed by atoms with van der Waals surface area (Å²) in [7, 11) is -3.76. The van der Waals surface area contributed by atoms with Crippen molar-refractivity contribution >= 4 is 10.0 Å². The summed E-state index contributed by atoms with van der Waals surface area (Å²) in [6.45, 7) is 6.47. The third-order valence-electron chi connectivity index (χ3n) is 4.01. The third-order valence-corrected chi connectivity index (χ3v) is 5.51. The van der Waals surface area contributed by atoms with Crippen molar-refractivity contribution in [3.8, 4) is 6.07 Å². The fourth-order valence-electron chi connectivity index (χ4n) is 2.51. The second-order valence-electron chi connectivity index (χ2n) is 5.64. The molecule has 2 unspecified atom stereocenters. The molecule has 21 heavy (non-hydrogen) atoms. The monoisotopic (exact) mass is 309 g/mol. The number of nitriles is 1. The zero-order valence-corrected chi connectivity index (χ0v) is 13.1. The van der Waals surface area contributed by atoms with Crippen molar-refractivity contribution in [3.05, 3.63) is 24.0 Å². The lowest BCUT2D eigenvalue weighted by atomic mass is 9.65. The molecule has 1 aliphatic rings. The van der Waals surface area contributed by atoms with Gasteiger partial charge < -0.3 is 4.74 Å². The number of hydrogen-bond donors (Lipinski definition) is 1. The van der Waals surface area contributed by atoms with E-state index in [2.05, 4.69) is 9.71 Å². The molecule has 1 aliphatic carbocycles. The molecule has 0 saturated heterocycles. The van der Waals surface area contributed by atoms with E-state index in [0.29, 0.717) is 13.0 Å². The Balaban J connectivity index is 2.19. The Hall–Kier alpha value is -1.49. The van der Waals surface area contributed by atoms with Crippen molar-refractivity contribution < 1.29 is 13.2 Å². The Labute approximate surface area is 125 Å². The third kappa shape index (κ3) is 2.93. The molecule has 114 valence electrons. The Morgan fingerprint density at radius 2 is 2.29 bits per heavy atom. The van der Waals surface area contributed by atoms with Gasteiger partial charge in [0.1, 0.15) is 11.0 Å². The first-order chi connectivity index (χ1) is 9.82. The van der Waals surface area contributed by atoms with Crippen LogP contribution in [0.15, 0.2) is 23.2 Å². The minimum Gasteiger partial charge on any atom is -0.378 e. The number of aromatic nitrogens is 1. The Morgan fingerprint density at radius 1 is 1.57 bits per heavy atom. The molecule has 0 aromatic carbocycles. The van der Waals surface area contributed by atoms with Gasteiger partial charge in [0.15, 0.2) is 5.69 Å². The second kappa shape index (κ2) is 5.72. The highest BCUT2D eigenvalue weighted by atomic mass is 32.2. The van der Waals surface area contributed by atoms with Crippen LogP contribution in [0.5, 0.6) is 0 Å². The molecule has 0 radical (unpaired) electrons. The van der Waals surface area contributed by atoms with Crippen molar-refractivity contribution in [2.75, 3.05) is 6.61 Å². The van der Waals surface area contributed by atoms with Crippen LogP contribution >= 0.6 is 0 Å². The molecular formula is C14H19N3O3S. The van der Waals surface area contributed by atoms with E-state index in [1.165, 1.54) is 18.3 Å². The van der Waals surface area contributed by atoms with Gasteiger partial charge in [-0.15, -0.1) is 0 Å². The number of ether oxygens (including phenoxy) is 1. The SMILES string of the molecule is CCOC1CC(NS(=O)(=O)c2cccnc2C#N)C1(C)C. The van der Waals surface area contributed by atoms with Gasteiger partial charge in [-0.3, -0.25) is 0 Å². The molecule has 1 aromatic heterocycles. The molecule has 1 N–H and O–H groups in total. The summed E-state index contributed by atoms with van der Waals surface area (Å²) in [5.41, 5.74) is -0.374. The first-order valence-electron chi connectivity index (χ1n) is 6.82. The lowest BCUT2D eigenvalue weighted by molar-refractivity contribution is -0.108. The molecular weight excluding hydrogens is 290 g/mol. The highest BCUT2D eigenvalue weighted by Crippen LogP contribution is 2.43. The quantitative estimate of drug-likeness (QED) is 0.888. The Morgan fingerprint density at radius 3 is 2.86 bits per heavy atom. The van der Waals surface area contributed by atoms with E-state index < -0.39 is 10.0 Å². The van der Waals surface area contributed by atoms with Crippen LogP contribution in [0.1, 0.15) is 32.9 Å². The van der Waals surface area contributed by atoms with Gasteiger partial charge >= 0.3 is 0 Å². The molecule has 0 spiro atoms. The molecule has 1 fully saturated rings. The van der Waals surface area contributed by atoms with Gasteiger partial charge in [0.05, 0.1) is 6.10 Å². The summed E-state index contributed by atoms with van der Waals surface area (Å²) in [5.74, 6) is 0.